The molecule has 0 radical (unpaired) electrons. The van der Waals surface area contributed by atoms with Crippen LogP contribution in [-0.2, 0) is 9.31 Å². The molecule has 0 unspecified atom stereocenters. The van der Waals surface area contributed by atoms with Crippen LogP contribution in [0.1, 0.15) is 48.5 Å². The van der Waals surface area contributed by atoms with Crippen molar-refractivity contribution in [3.8, 4) is 5.75 Å². The molecule has 7 heteroatoms. The second-order valence-electron chi connectivity index (χ2n) is 10.3. The number of fused-ring (bicyclic) bond motifs is 1. The first kappa shape index (κ1) is 21.9. The third-order valence-corrected chi connectivity index (χ3v) is 12.9. The van der Waals surface area contributed by atoms with Crippen molar-refractivity contribution in [2.75, 3.05) is 7.11 Å². The van der Waals surface area contributed by atoms with E-state index in [1.54, 1.807) is 7.11 Å². The number of hydrogen-bond acceptors (Lipinski definition) is 3. The van der Waals surface area contributed by atoms with Crippen LogP contribution < -0.4 is 10.2 Å². The molecule has 1 aromatic carbocycles. The maximum Gasteiger partial charge on any atom is 0.497 e. The van der Waals surface area contributed by atoms with E-state index in [9.17, 15) is 0 Å². The van der Waals surface area contributed by atoms with Gasteiger partial charge in [0.05, 0.1) is 23.8 Å². The molecule has 0 aliphatic carbocycles. The number of methoxy groups -OCH3 is 1. The molecule has 4 nitrogen and oxygen atoms in total. The average molecular weight is 466 g/mol. The second-order valence-corrected chi connectivity index (χ2v) is 16.3. The zero-order chi connectivity index (χ0) is 21.3. The predicted molar refractivity (Wildman–Crippen MR) is 125 cm³/mol. The standard InChI is InChI=1S/C21H33BBrNO3Si/c1-19(2,3)28(9,10)24-13-14(22-26-20(4,5)21(6,7)27-22)17-15(23)11-12-16(25-8)18(17)24/h11-13H,1-10H3. The summed E-state index contributed by atoms with van der Waals surface area (Å²) in [6.07, 6.45) is 2.25. The van der Waals surface area contributed by atoms with Crippen LogP contribution in [0.2, 0.25) is 18.1 Å². The minimum absolute atomic E-state index is 0.166. The van der Waals surface area contributed by atoms with E-state index < -0.39 is 15.4 Å². The van der Waals surface area contributed by atoms with Crippen LogP contribution in [0.25, 0.3) is 10.9 Å². The summed E-state index contributed by atoms with van der Waals surface area (Å²) in [6, 6.07) is 4.08. The lowest BCUT2D eigenvalue weighted by Gasteiger charge is -2.38. The van der Waals surface area contributed by atoms with Gasteiger partial charge in [0.2, 0.25) is 0 Å². The number of ether oxygens (including phenoxy) is 1. The average Bonchev–Trinajstić information content (AvgIpc) is 3.03. The van der Waals surface area contributed by atoms with Crippen molar-refractivity contribution in [2.45, 2.75) is 77.8 Å². The normalized spacial score (nSPS) is 19.5. The van der Waals surface area contributed by atoms with Gasteiger partial charge in [-0.05, 0) is 51.1 Å². The van der Waals surface area contributed by atoms with E-state index in [1.807, 2.05) is 12.1 Å². The van der Waals surface area contributed by atoms with Crippen molar-refractivity contribution >= 4 is 47.6 Å². The largest absolute Gasteiger partial charge is 0.497 e. The van der Waals surface area contributed by atoms with Crippen molar-refractivity contribution in [3.05, 3.63) is 22.8 Å². The van der Waals surface area contributed by atoms with E-state index in [4.69, 9.17) is 14.0 Å². The Morgan fingerprint density at radius 2 is 1.61 bits per heavy atom. The third-order valence-electron chi connectivity index (χ3n) is 7.05. The van der Waals surface area contributed by atoms with Gasteiger partial charge in [-0.15, -0.1) is 0 Å². The summed E-state index contributed by atoms with van der Waals surface area (Å²) in [7, 11) is -0.591. The molecular weight excluding hydrogens is 433 g/mol. The van der Waals surface area contributed by atoms with Crippen molar-refractivity contribution in [3.63, 3.8) is 0 Å². The van der Waals surface area contributed by atoms with E-state index in [0.717, 1.165) is 26.6 Å². The molecule has 0 amide bonds. The molecule has 1 aromatic heterocycles. The van der Waals surface area contributed by atoms with Gasteiger partial charge in [-0.1, -0.05) is 49.8 Å². The Morgan fingerprint density at radius 1 is 1.07 bits per heavy atom. The van der Waals surface area contributed by atoms with Gasteiger partial charge >= 0.3 is 7.12 Å². The summed E-state index contributed by atoms with van der Waals surface area (Å²) in [5.41, 5.74) is 1.42. The summed E-state index contributed by atoms with van der Waals surface area (Å²) >= 11 is 3.78. The molecule has 0 N–H and O–H groups in total. The number of hydrogen-bond donors (Lipinski definition) is 0. The van der Waals surface area contributed by atoms with Gasteiger partial charge in [0, 0.05) is 15.3 Å². The third kappa shape index (κ3) is 3.19. The first-order valence-electron chi connectivity index (χ1n) is 9.87. The highest BCUT2D eigenvalue weighted by Gasteiger charge is 2.53. The summed E-state index contributed by atoms with van der Waals surface area (Å²) < 4.78 is 22.1. The highest BCUT2D eigenvalue weighted by atomic mass is 79.9. The Morgan fingerprint density at radius 3 is 2.07 bits per heavy atom. The summed E-state index contributed by atoms with van der Waals surface area (Å²) in [6.45, 7) is 20.1. The maximum atomic E-state index is 6.42. The van der Waals surface area contributed by atoms with E-state index in [1.165, 1.54) is 0 Å². The lowest BCUT2D eigenvalue weighted by Crippen LogP contribution is -2.45. The van der Waals surface area contributed by atoms with Gasteiger partial charge in [0.25, 0.3) is 0 Å². The molecule has 0 atom stereocenters. The maximum absolute atomic E-state index is 6.42. The van der Waals surface area contributed by atoms with E-state index in [0.29, 0.717) is 0 Å². The fourth-order valence-corrected chi connectivity index (χ4v) is 5.96. The minimum atomic E-state index is -1.91. The van der Waals surface area contributed by atoms with Gasteiger partial charge < -0.3 is 18.3 Å². The Balaban J connectivity index is 2.32. The molecular formula is C21H33BBrNO3Si. The summed E-state index contributed by atoms with van der Waals surface area (Å²) in [5, 5.41) is 1.28. The molecule has 2 aromatic rings. The highest BCUT2D eigenvalue weighted by Crippen LogP contribution is 2.43. The first-order valence-corrected chi connectivity index (χ1v) is 13.6. The van der Waals surface area contributed by atoms with Crippen molar-refractivity contribution in [2.24, 2.45) is 0 Å². The second kappa shape index (κ2) is 6.62. The molecule has 0 spiro atoms. The van der Waals surface area contributed by atoms with Gasteiger partial charge in [0.1, 0.15) is 5.75 Å². The van der Waals surface area contributed by atoms with Crippen LogP contribution in [0.4, 0.5) is 0 Å². The molecule has 1 aliphatic heterocycles. The predicted octanol–water partition coefficient (Wildman–Crippen LogP) is 5.56. The topological polar surface area (TPSA) is 32.6 Å². The molecule has 154 valence electrons. The van der Waals surface area contributed by atoms with Gasteiger partial charge in [0.15, 0.2) is 8.24 Å². The molecule has 1 saturated heterocycles. The van der Waals surface area contributed by atoms with Crippen molar-refractivity contribution < 1.29 is 14.0 Å². The molecule has 1 aliphatic rings. The quantitative estimate of drug-likeness (QED) is 0.555. The number of halogens is 1. The number of rotatable bonds is 3. The van der Waals surface area contributed by atoms with Crippen LogP contribution in [-0.4, -0.2) is 37.9 Å². The lowest BCUT2D eigenvalue weighted by atomic mass is 9.79. The van der Waals surface area contributed by atoms with Gasteiger partial charge in [-0.25, -0.2) is 0 Å². The first-order chi connectivity index (χ1) is 12.6. The smallest absolute Gasteiger partial charge is 0.495 e. The van der Waals surface area contributed by atoms with E-state index in [2.05, 4.69) is 87.9 Å². The van der Waals surface area contributed by atoms with Gasteiger partial charge in [-0.3, -0.25) is 0 Å². The zero-order valence-corrected chi connectivity index (χ0v) is 21.4. The number of aromatic nitrogens is 1. The number of benzene rings is 1. The van der Waals surface area contributed by atoms with Crippen LogP contribution >= 0.6 is 15.9 Å². The number of nitrogens with zero attached hydrogens (tertiary/aromatic N) is 1. The Hall–Kier alpha value is -0.758. The van der Waals surface area contributed by atoms with Crippen LogP contribution in [0.5, 0.6) is 5.75 Å². The van der Waals surface area contributed by atoms with E-state index >= 15 is 0 Å². The van der Waals surface area contributed by atoms with Crippen LogP contribution in [0.3, 0.4) is 0 Å². The summed E-state index contributed by atoms with van der Waals surface area (Å²) in [4.78, 5) is 0. The molecule has 0 saturated carbocycles. The summed E-state index contributed by atoms with van der Waals surface area (Å²) in [5.74, 6) is 0.880. The SMILES string of the molecule is COc1ccc(Br)c2c(B3OC(C)(C)C(C)(C)O3)cn([Si](C)(C)C(C)(C)C)c12. The molecule has 2 heterocycles. The molecule has 3 rings (SSSR count). The molecule has 0 bridgehead atoms. The monoisotopic (exact) mass is 465 g/mol. The van der Waals surface area contributed by atoms with Crippen molar-refractivity contribution in [1.82, 2.24) is 4.23 Å². The molecule has 28 heavy (non-hydrogen) atoms. The Kier molecular flexibility index (Phi) is 5.19. The zero-order valence-electron chi connectivity index (χ0n) is 18.9. The minimum Gasteiger partial charge on any atom is -0.495 e. The lowest BCUT2D eigenvalue weighted by molar-refractivity contribution is 0.00578. The fourth-order valence-electron chi connectivity index (χ4n) is 3.45. The molecule has 1 fully saturated rings. The van der Waals surface area contributed by atoms with E-state index in [-0.39, 0.29) is 16.2 Å². The Labute approximate surface area is 179 Å². The Bertz CT molecular complexity index is 898. The van der Waals surface area contributed by atoms with Gasteiger partial charge in [-0.2, -0.15) is 0 Å². The van der Waals surface area contributed by atoms with Crippen molar-refractivity contribution in [1.29, 1.82) is 0 Å². The van der Waals surface area contributed by atoms with Crippen LogP contribution in [0.15, 0.2) is 22.8 Å². The fraction of sp³-hybridized carbons (Fsp3) is 0.619. The van der Waals surface area contributed by atoms with Crippen LogP contribution in [0, 0.1) is 0 Å². The highest BCUT2D eigenvalue weighted by molar-refractivity contribution is 9.10.